The van der Waals surface area contributed by atoms with Gasteiger partial charge in [0.1, 0.15) is 11.9 Å². The molecule has 4 rings (SSSR count). The first-order valence-corrected chi connectivity index (χ1v) is 13.4. The molecule has 11 nitrogen and oxygen atoms in total. The molecule has 0 fully saturated rings. The van der Waals surface area contributed by atoms with Crippen molar-refractivity contribution in [3.8, 4) is 17.2 Å². The molecule has 0 aromatic heterocycles. The number of alkyl halides is 3. The van der Waals surface area contributed by atoms with Crippen LogP contribution < -0.4 is 24.8 Å². The molecule has 0 spiro atoms. The molecule has 0 unspecified atom stereocenters. The van der Waals surface area contributed by atoms with Crippen molar-refractivity contribution in [2.75, 3.05) is 44.2 Å². The third-order valence-electron chi connectivity index (χ3n) is 7.01. The Morgan fingerprint density at radius 3 is 2.45 bits per heavy atom. The molecular weight excluding hydrogens is 561 g/mol. The number of aliphatic hydroxyl groups excluding tert-OH is 1. The van der Waals surface area contributed by atoms with Crippen molar-refractivity contribution in [3.63, 3.8) is 0 Å². The number of likely N-dealkylation sites (N-methyl/N-ethyl adjacent to an activating group) is 1. The van der Waals surface area contributed by atoms with Gasteiger partial charge in [-0.25, -0.2) is 4.79 Å². The highest BCUT2D eigenvalue weighted by Crippen LogP contribution is 2.35. The lowest BCUT2D eigenvalue weighted by molar-refractivity contribution is -0.142. The number of halogens is 3. The number of anilines is 2. The summed E-state index contributed by atoms with van der Waals surface area (Å²) in [4.78, 5) is 41.5. The SMILES string of the molecule is C[C@H]1CN([C@@H](C)CO)C(=O)c2cc(NC(=O)CCC(F)(F)F)ccc2O[C@@H]1CN(C)C(=O)Nc1ccc2c(c1)OCO2. The molecule has 42 heavy (non-hydrogen) atoms. The number of rotatable bonds is 8. The van der Waals surface area contributed by atoms with Crippen molar-refractivity contribution >= 4 is 29.2 Å². The van der Waals surface area contributed by atoms with Crippen molar-refractivity contribution in [3.05, 3.63) is 42.0 Å². The molecule has 2 aliphatic heterocycles. The Morgan fingerprint density at radius 2 is 1.76 bits per heavy atom. The van der Waals surface area contributed by atoms with E-state index in [4.69, 9.17) is 14.2 Å². The molecule has 4 amide bonds. The molecule has 2 heterocycles. The summed E-state index contributed by atoms with van der Waals surface area (Å²) in [6.45, 7) is 3.64. The topological polar surface area (TPSA) is 130 Å². The van der Waals surface area contributed by atoms with E-state index in [-0.39, 0.29) is 49.4 Å². The summed E-state index contributed by atoms with van der Waals surface area (Å²) in [5, 5.41) is 15.0. The summed E-state index contributed by atoms with van der Waals surface area (Å²) in [6, 6.07) is 8.26. The molecule has 0 saturated carbocycles. The predicted molar refractivity (Wildman–Crippen MR) is 146 cm³/mol. The van der Waals surface area contributed by atoms with Crippen molar-refractivity contribution in [1.29, 1.82) is 0 Å². The molecule has 0 bridgehead atoms. The standard InChI is InChI=1S/C28H33F3N4O7/c1-16-12-35(17(2)14-36)26(38)20-10-18(32-25(37)8-9-28(29,30)31)4-6-21(20)42-24(16)13-34(3)27(39)33-19-5-7-22-23(11-19)41-15-40-22/h4-7,10-11,16-17,24,36H,8-9,12-15H2,1-3H3,(H,32,37)(H,33,39)/t16-,17-,24+/m0/s1. The van der Waals surface area contributed by atoms with Crippen LogP contribution >= 0.6 is 0 Å². The third-order valence-corrected chi connectivity index (χ3v) is 7.01. The maximum Gasteiger partial charge on any atom is 0.389 e. The first kappa shape index (κ1) is 30.8. The van der Waals surface area contributed by atoms with Crippen LogP contribution in [0.15, 0.2) is 36.4 Å². The molecule has 0 aliphatic carbocycles. The van der Waals surface area contributed by atoms with E-state index in [1.165, 1.54) is 28.0 Å². The smallest absolute Gasteiger partial charge is 0.389 e. The number of nitrogens with zero attached hydrogens (tertiary/aromatic N) is 2. The number of hydrogen-bond acceptors (Lipinski definition) is 7. The Balaban J connectivity index is 1.52. The molecule has 0 saturated heterocycles. The highest BCUT2D eigenvalue weighted by molar-refractivity contribution is 6.00. The van der Waals surface area contributed by atoms with Crippen molar-refractivity contribution in [1.82, 2.24) is 9.80 Å². The van der Waals surface area contributed by atoms with Gasteiger partial charge in [-0.1, -0.05) is 6.92 Å². The monoisotopic (exact) mass is 594 g/mol. The molecule has 3 N–H and O–H groups in total. The molecule has 2 aromatic rings. The Bertz CT molecular complexity index is 1320. The first-order valence-electron chi connectivity index (χ1n) is 13.4. The average Bonchev–Trinajstić information content (AvgIpc) is 3.41. The lowest BCUT2D eigenvalue weighted by Gasteiger charge is -2.38. The van der Waals surface area contributed by atoms with E-state index in [9.17, 15) is 32.7 Å². The summed E-state index contributed by atoms with van der Waals surface area (Å²) >= 11 is 0. The minimum atomic E-state index is -4.48. The summed E-state index contributed by atoms with van der Waals surface area (Å²) < 4.78 is 54.5. The zero-order valence-corrected chi connectivity index (χ0v) is 23.4. The Hall–Kier alpha value is -4.20. The second-order valence-corrected chi connectivity index (χ2v) is 10.4. The zero-order chi connectivity index (χ0) is 30.6. The summed E-state index contributed by atoms with van der Waals surface area (Å²) in [7, 11) is 1.59. The van der Waals surface area contributed by atoms with Crippen LogP contribution in [-0.2, 0) is 4.79 Å². The van der Waals surface area contributed by atoms with E-state index in [1.54, 1.807) is 32.2 Å². The lowest BCUT2D eigenvalue weighted by Crippen LogP contribution is -2.50. The van der Waals surface area contributed by atoms with Crippen molar-refractivity contribution < 1.29 is 46.9 Å². The molecule has 0 radical (unpaired) electrons. The van der Waals surface area contributed by atoms with Gasteiger partial charge in [-0.05, 0) is 37.3 Å². The number of aliphatic hydroxyl groups is 1. The lowest BCUT2D eigenvalue weighted by atomic mass is 9.99. The van der Waals surface area contributed by atoms with Crippen LogP contribution in [0.4, 0.5) is 29.3 Å². The van der Waals surface area contributed by atoms with Gasteiger partial charge >= 0.3 is 12.2 Å². The fraction of sp³-hybridized carbons (Fsp3) is 0.464. The van der Waals surface area contributed by atoms with Crippen LogP contribution in [0.25, 0.3) is 0 Å². The summed E-state index contributed by atoms with van der Waals surface area (Å²) in [6.07, 6.45) is -7.11. The second kappa shape index (κ2) is 12.8. The number of amides is 4. The van der Waals surface area contributed by atoms with E-state index in [2.05, 4.69) is 10.6 Å². The van der Waals surface area contributed by atoms with Crippen molar-refractivity contribution in [2.24, 2.45) is 5.92 Å². The van der Waals surface area contributed by atoms with E-state index < -0.39 is 49.0 Å². The highest BCUT2D eigenvalue weighted by atomic mass is 19.4. The summed E-state index contributed by atoms with van der Waals surface area (Å²) in [5.41, 5.74) is 0.694. The number of nitrogens with one attached hydrogen (secondary N) is 2. The Kier molecular flexibility index (Phi) is 9.34. The molecule has 2 aliphatic rings. The van der Waals surface area contributed by atoms with E-state index in [0.29, 0.717) is 17.2 Å². The molecule has 14 heteroatoms. The maximum absolute atomic E-state index is 13.5. The van der Waals surface area contributed by atoms with Gasteiger partial charge in [0, 0.05) is 43.4 Å². The first-order chi connectivity index (χ1) is 19.8. The minimum Gasteiger partial charge on any atom is -0.487 e. The minimum absolute atomic E-state index is 0.0632. The number of fused-ring (bicyclic) bond motifs is 2. The predicted octanol–water partition coefficient (Wildman–Crippen LogP) is 4.08. The quantitative estimate of drug-likeness (QED) is 0.420. The number of carbonyl (C=O) groups excluding carboxylic acids is 3. The summed E-state index contributed by atoms with van der Waals surface area (Å²) in [5.74, 6) is -0.339. The van der Waals surface area contributed by atoms with Gasteiger partial charge in [-0.15, -0.1) is 0 Å². The number of carbonyl (C=O) groups is 3. The van der Waals surface area contributed by atoms with Crippen molar-refractivity contribution in [2.45, 2.75) is 45.0 Å². The van der Waals surface area contributed by atoms with Gasteiger partial charge < -0.3 is 39.8 Å². The van der Waals surface area contributed by atoms with E-state index in [0.717, 1.165) is 0 Å². The normalized spacial score (nSPS) is 18.7. The Labute approximate surface area is 240 Å². The molecule has 228 valence electrons. The molecular formula is C28H33F3N4O7. The van der Waals surface area contributed by atoms with Crippen LogP contribution in [0, 0.1) is 5.92 Å². The average molecular weight is 595 g/mol. The van der Waals surface area contributed by atoms with Gasteiger partial charge in [0.2, 0.25) is 12.7 Å². The Morgan fingerprint density at radius 1 is 1.10 bits per heavy atom. The van der Waals surface area contributed by atoms with E-state index in [1.807, 2.05) is 6.92 Å². The van der Waals surface area contributed by atoms with Crippen LogP contribution in [0.1, 0.15) is 37.0 Å². The largest absolute Gasteiger partial charge is 0.487 e. The van der Waals surface area contributed by atoms with Gasteiger partial charge in [-0.3, -0.25) is 9.59 Å². The number of urea groups is 1. The highest BCUT2D eigenvalue weighted by Gasteiger charge is 2.34. The fourth-order valence-electron chi connectivity index (χ4n) is 4.54. The number of ether oxygens (including phenoxy) is 3. The van der Waals surface area contributed by atoms with Crippen LogP contribution in [-0.4, -0.2) is 84.6 Å². The second-order valence-electron chi connectivity index (χ2n) is 10.4. The van der Waals surface area contributed by atoms with E-state index >= 15 is 0 Å². The van der Waals surface area contributed by atoms with Crippen LogP contribution in [0.3, 0.4) is 0 Å². The number of hydrogen-bond donors (Lipinski definition) is 3. The van der Waals surface area contributed by atoms with Gasteiger partial charge in [0.15, 0.2) is 11.5 Å². The van der Waals surface area contributed by atoms with Crippen LogP contribution in [0.5, 0.6) is 17.2 Å². The molecule has 3 atom stereocenters. The van der Waals surface area contributed by atoms with Crippen LogP contribution in [0.2, 0.25) is 0 Å². The molecule has 2 aromatic carbocycles. The number of benzene rings is 2. The fourth-order valence-corrected chi connectivity index (χ4v) is 4.54. The zero-order valence-electron chi connectivity index (χ0n) is 23.4. The van der Waals surface area contributed by atoms with Gasteiger partial charge in [0.05, 0.1) is 31.2 Å². The third kappa shape index (κ3) is 7.55. The van der Waals surface area contributed by atoms with Gasteiger partial charge in [-0.2, -0.15) is 13.2 Å². The maximum atomic E-state index is 13.5. The van der Waals surface area contributed by atoms with Gasteiger partial charge in [0.25, 0.3) is 5.91 Å².